The van der Waals surface area contributed by atoms with Gasteiger partial charge >= 0.3 is 0 Å². The van der Waals surface area contributed by atoms with E-state index >= 15 is 0 Å². The fourth-order valence-corrected chi connectivity index (χ4v) is 4.27. The smallest absolute Gasteiger partial charge is 0.0624 e. The number of hydrogen-bond donors (Lipinski definition) is 2. The lowest BCUT2D eigenvalue weighted by Gasteiger charge is -2.29. The maximum Gasteiger partial charge on any atom is 0.0624 e. The van der Waals surface area contributed by atoms with Crippen LogP contribution in [0.15, 0.2) is 0 Å². The van der Waals surface area contributed by atoms with Crippen LogP contribution in [0.4, 0.5) is 0 Å². The summed E-state index contributed by atoms with van der Waals surface area (Å²) in [5.74, 6) is 0. The van der Waals surface area contributed by atoms with Gasteiger partial charge in [-0.2, -0.15) is 0 Å². The van der Waals surface area contributed by atoms with E-state index < -0.39 is 0 Å². The number of nitrogens with zero attached hydrogens (tertiary/aromatic N) is 2. The van der Waals surface area contributed by atoms with Crippen molar-refractivity contribution in [1.82, 2.24) is 9.80 Å². The van der Waals surface area contributed by atoms with Gasteiger partial charge in [0.25, 0.3) is 0 Å². The molecule has 0 saturated carbocycles. The van der Waals surface area contributed by atoms with Gasteiger partial charge in [0.2, 0.25) is 0 Å². The molecule has 0 aromatic rings. The molecule has 0 unspecified atom stereocenters. The Balaban J connectivity index is 1.95. The van der Waals surface area contributed by atoms with Gasteiger partial charge in [-0.25, -0.2) is 0 Å². The normalized spacial score (nSPS) is 16.7. The van der Waals surface area contributed by atoms with E-state index in [2.05, 4.69) is 16.7 Å². The summed E-state index contributed by atoms with van der Waals surface area (Å²) in [5, 5.41) is 18.5. The zero-order chi connectivity index (χ0) is 18.9. The third kappa shape index (κ3) is 10.9. The summed E-state index contributed by atoms with van der Waals surface area (Å²) < 4.78 is 0. The largest absolute Gasteiger partial charge is 0.395 e. The van der Waals surface area contributed by atoms with Gasteiger partial charge in [-0.15, -0.1) is 0 Å². The van der Waals surface area contributed by atoms with Gasteiger partial charge in [-0.1, -0.05) is 90.4 Å². The fourth-order valence-electron chi connectivity index (χ4n) is 4.27. The first-order chi connectivity index (χ1) is 12.8. The van der Waals surface area contributed by atoms with Crippen LogP contribution >= 0.6 is 0 Å². The van der Waals surface area contributed by atoms with Crippen LogP contribution in [0.25, 0.3) is 0 Å². The van der Waals surface area contributed by atoms with Crippen molar-refractivity contribution in [3.63, 3.8) is 0 Å². The summed E-state index contributed by atoms with van der Waals surface area (Å²) in [7, 11) is 0. The zero-order valence-electron chi connectivity index (χ0n) is 17.5. The highest BCUT2D eigenvalue weighted by Crippen LogP contribution is 2.20. The van der Waals surface area contributed by atoms with E-state index in [1.807, 2.05) is 0 Å². The van der Waals surface area contributed by atoms with Crippen LogP contribution in [0.2, 0.25) is 0 Å². The Bertz CT molecular complexity index is 288. The van der Waals surface area contributed by atoms with E-state index in [0.29, 0.717) is 6.17 Å². The molecule has 0 bridgehead atoms. The highest BCUT2D eigenvalue weighted by atomic mass is 16.3. The van der Waals surface area contributed by atoms with E-state index in [9.17, 15) is 10.2 Å². The second-order valence-electron chi connectivity index (χ2n) is 8.03. The molecule has 0 atom stereocenters. The van der Waals surface area contributed by atoms with Crippen molar-refractivity contribution in [3.05, 3.63) is 0 Å². The maximum absolute atomic E-state index is 9.24. The molecule has 1 saturated heterocycles. The molecule has 0 aromatic heterocycles. The van der Waals surface area contributed by atoms with E-state index in [1.165, 1.54) is 89.9 Å². The molecular weight excluding hydrogens is 324 g/mol. The first kappa shape index (κ1) is 23.9. The summed E-state index contributed by atoms with van der Waals surface area (Å²) in [4.78, 5) is 4.77. The number of aliphatic hydroxyl groups is 2. The molecule has 2 N–H and O–H groups in total. The van der Waals surface area contributed by atoms with Crippen LogP contribution in [0.5, 0.6) is 0 Å². The minimum atomic E-state index is 0.238. The van der Waals surface area contributed by atoms with Crippen molar-refractivity contribution < 1.29 is 10.2 Å². The maximum atomic E-state index is 9.24. The van der Waals surface area contributed by atoms with Gasteiger partial charge < -0.3 is 10.2 Å². The Hall–Kier alpha value is -0.160. The van der Waals surface area contributed by atoms with Gasteiger partial charge in [-0.3, -0.25) is 9.80 Å². The van der Waals surface area contributed by atoms with Gasteiger partial charge in [0, 0.05) is 26.2 Å². The third-order valence-electron chi connectivity index (χ3n) is 5.86. The Kier molecular flexibility index (Phi) is 15.6. The molecule has 0 radical (unpaired) electrons. The highest BCUT2D eigenvalue weighted by Gasteiger charge is 2.30. The van der Waals surface area contributed by atoms with Crippen LogP contribution in [0.1, 0.15) is 96.8 Å². The lowest BCUT2D eigenvalue weighted by atomic mass is 10.0. The molecule has 1 aliphatic rings. The quantitative estimate of drug-likeness (QED) is 0.351. The number of aliphatic hydroxyl groups excluding tert-OH is 2. The third-order valence-corrected chi connectivity index (χ3v) is 5.86. The second-order valence-corrected chi connectivity index (χ2v) is 8.03. The molecule has 0 spiro atoms. The van der Waals surface area contributed by atoms with E-state index in [1.54, 1.807) is 0 Å². The van der Waals surface area contributed by atoms with E-state index in [-0.39, 0.29) is 13.2 Å². The van der Waals surface area contributed by atoms with Crippen molar-refractivity contribution in [2.24, 2.45) is 0 Å². The minimum Gasteiger partial charge on any atom is -0.395 e. The second kappa shape index (κ2) is 17.0. The Labute approximate surface area is 163 Å². The van der Waals surface area contributed by atoms with Crippen molar-refractivity contribution in [2.75, 3.05) is 39.4 Å². The van der Waals surface area contributed by atoms with Crippen LogP contribution in [0, 0.1) is 0 Å². The number of rotatable bonds is 18. The van der Waals surface area contributed by atoms with Gasteiger partial charge in [0.05, 0.1) is 19.4 Å². The van der Waals surface area contributed by atoms with Crippen molar-refractivity contribution in [2.45, 2.75) is 103 Å². The first-order valence-electron chi connectivity index (χ1n) is 11.5. The summed E-state index contributed by atoms with van der Waals surface area (Å²) >= 11 is 0. The van der Waals surface area contributed by atoms with Crippen LogP contribution in [-0.4, -0.2) is 65.6 Å². The predicted octanol–water partition coefficient (Wildman–Crippen LogP) is 4.40. The van der Waals surface area contributed by atoms with Crippen molar-refractivity contribution >= 4 is 0 Å². The van der Waals surface area contributed by atoms with Crippen LogP contribution in [0.3, 0.4) is 0 Å². The lowest BCUT2D eigenvalue weighted by Crippen LogP contribution is -2.41. The van der Waals surface area contributed by atoms with Gasteiger partial charge in [0.15, 0.2) is 0 Å². The fraction of sp³-hybridized carbons (Fsp3) is 1.00. The summed E-state index contributed by atoms with van der Waals surface area (Å²) in [6.07, 6.45) is 19.7. The summed E-state index contributed by atoms with van der Waals surface area (Å²) in [6.45, 7) is 6.36. The van der Waals surface area contributed by atoms with E-state index in [0.717, 1.165) is 26.2 Å². The van der Waals surface area contributed by atoms with Gasteiger partial charge in [-0.05, 0) is 6.42 Å². The molecule has 0 amide bonds. The SMILES string of the molecule is CCCCCCCCCCCCCCCC1N(CCO)CCN1CCO. The molecule has 1 fully saturated rings. The monoisotopic (exact) mass is 370 g/mol. The van der Waals surface area contributed by atoms with Gasteiger partial charge in [0.1, 0.15) is 0 Å². The molecular formula is C22H46N2O2. The number of unbranched alkanes of at least 4 members (excludes halogenated alkanes) is 12. The van der Waals surface area contributed by atoms with Crippen LogP contribution < -0.4 is 0 Å². The zero-order valence-corrected chi connectivity index (χ0v) is 17.5. The lowest BCUT2D eigenvalue weighted by molar-refractivity contribution is 0.0910. The van der Waals surface area contributed by atoms with Crippen molar-refractivity contribution in [3.8, 4) is 0 Å². The average molecular weight is 371 g/mol. The number of hydrogen-bond acceptors (Lipinski definition) is 4. The highest BCUT2D eigenvalue weighted by molar-refractivity contribution is 4.81. The van der Waals surface area contributed by atoms with Crippen molar-refractivity contribution in [1.29, 1.82) is 0 Å². The standard InChI is InChI=1S/C22H46N2O2/c1-2-3-4-5-6-7-8-9-10-11-12-13-14-15-22-23(18-20-25)16-17-24(22)19-21-26/h22,25-26H,2-21H2,1H3. The molecule has 156 valence electrons. The molecule has 1 heterocycles. The average Bonchev–Trinajstić information content (AvgIpc) is 3.01. The Morgan fingerprint density at radius 3 is 1.38 bits per heavy atom. The predicted molar refractivity (Wildman–Crippen MR) is 111 cm³/mol. The minimum absolute atomic E-state index is 0.238. The Morgan fingerprint density at radius 1 is 0.615 bits per heavy atom. The molecule has 4 nitrogen and oxygen atoms in total. The Morgan fingerprint density at radius 2 is 1.00 bits per heavy atom. The molecule has 0 aliphatic carbocycles. The molecule has 0 aromatic carbocycles. The van der Waals surface area contributed by atoms with E-state index in [4.69, 9.17) is 0 Å². The van der Waals surface area contributed by atoms with Crippen LogP contribution in [-0.2, 0) is 0 Å². The number of β-amino-alcohol motifs (C(OH)–C–C–N with tert-alkyl or cyclic N) is 2. The molecule has 26 heavy (non-hydrogen) atoms. The summed E-state index contributed by atoms with van der Waals surface area (Å²) in [6, 6.07) is 0. The molecule has 1 aliphatic heterocycles. The topological polar surface area (TPSA) is 46.9 Å². The molecule has 1 rings (SSSR count). The first-order valence-corrected chi connectivity index (χ1v) is 11.5. The summed E-state index contributed by atoms with van der Waals surface area (Å²) in [5.41, 5.74) is 0. The molecule has 4 heteroatoms.